The van der Waals surface area contributed by atoms with Crippen LogP contribution in [0.3, 0.4) is 0 Å². The van der Waals surface area contributed by atoms with Gasteiger partial charge in [-0.1, -0.05) is 0 Å². The lowest BCUT2D eigenvalue weighted by molar-refractivity contribution is 0.271. The van der Waals surface area contributed by atoms with Crippen molar-refractivity contribution in [3.63, 3.8) is 0 Å². The first-order valence-corrected chi connectivity index (χ1v) is 8.20. The highest BCUT2D eigenvalue weighted by molar-refractivity contribution is 7.85. The van der Waals surface area contributed by atoms with Gasteiger partial charge in [-0.05, 0) is 43.0 Å². The smallest absolute Gasteiger partial charge is 0.294 e. The van der Waals surface area contributed by atoms with E-state index in [2.05, 4.69) is 5.32 Å². The molecule has 0 radical (unpaired) electrons. The van der Waals surface area contributed by atoms with Gasteiger partial charge in [-0.15, -0.1) is 0 Å². The lowest BCUT2D eigenvalue weighted by atomic mass is 9.97. The van der Waals surface area contributed by atoms with Gasteiger partial charge in [0.1, 0.15) is 0 Å². The quantitative estimate of drug-likeness (QED) is 0.373. The van der Waals surface area contributed by atoms with Gasteiger partial charge in [-0.25, -0.2) is 0 Å². The maximum atomic E-state index is 10.9. The number of anilines is 1. The summed E-state index contributed by atoms with van der Waals surface area (Å²) in [5, 5.41) is 10.6. The molecule has 1 saturated heterocycles. The highest BCUT2D eigenvalue weighted by atomic mass is 32.2. The van der Waals surface area contributed by atoms with Crippen molar-refractivity contribution in [2.45, 2.75) is 17.7 Å². The third-order valence-corrected chi connectivity index (χ3v) is 4.57. The molecule has 1 fully saturated rings. The van der Waals surface area contributed by atoms with E-state index in [1.807, 2.05) is 4.90 Å². The van der Waals surface area contributed by atoms with Crippen LogP contribution in [0, 0.1) is 11.3 Å². The van der Waals surface area contributed by atoms with Gasteiger partial charge >= 0.3 is 0 Å². The second kappa shape index (κ2) is 6.31. The summed E-state index contributed by atoms with van der Waals surface area (Å²) in [6.07, 6.45) is 1.94. The van der Waals surface area contributed by atoms with Crippen LogP contribution in [0.1, 0.15) is 12.8 Å². The molecule has 1 aliphatic heterocycles. The molecular formula is C13H20N4O3S. The van der Waals surface area contributed by atoms with Crippen LogP contribution in [-0.2, 0) is 10.1 Å². The number of rotatable bonds is 4. The van der Waals surface area contributed by atoms with E-state index in [4.69, 9.17) is 15.7 Å². The lowest BCUT2D eigenvalue weighted by Gasteiger charge is -2.32. The predicted octanol–water partition coefficient (Wildman–Crippen LogP) is 0.951. The Bertz CT molecular complexity index is 592. The molecule has 0 atom stereocenters. The SMILES string of the molecule is N=C(N)N1CCC(CNc2ccc(S(=O)(=O)O)cc2)CC1. The maximum Gasteiger partial charge on any atom is 0.294 e. The van der Waals surface area contributed by atoms with Gasteiger partial charge in [0.2, 0.25) is 0 Å². The number of hydrogen-bond acceptors (Lipinski definition) is 4. The molecule has 0 amide bonds. The maximum absolute atomic E-state index is 10.9. The van der Waals surface area contributed by atoms with Crippen LogP contribution in [-0.4, -0.2) is 43.5 Å². The van der Waals surface area contributed by atoms with Crippen LogP contribution in [0.2, 0.25) is 0 Å². The summed E-state index contributed by atoms with van der Waals surface area (Å²) in [4.78, 5) is 1.75. The minimum atomic E-state index is -4.13. The summed E-state index contributed by atoms with van der Waals surface area (Å²) in [5.74, 6) is 0.629. The van der Waals surface area contributed by atoms with Gasteiger partial charge in [0, 0.05) is 25.3 Å². The number of hydrogen-bond donors (Lipinski definition) is 4. The molecular weight excluding hydrogens is 292 g/mol. The van der Waals surface area contributed by atoms with Crippen molar-refractivity contribution in [1.29, 1.82) is 5.41 Å². The van der Waals surface area contributed by atoms with Crippen molar-refractivity contribution < 1.29 is 13.0 Å². The Labute approximate surface area is 124 Å². The van der Waals surface area contributed by atoms with Crippen LogP contribution < -0.4 is 11.1 Å². The van der Waals surface area contributed by atoms with Gasteiger partial charge in [0.05, 0.1) is 4.90 Å². The summed E-state index contributed by atoms with van der Waals surface area (Å²) >= 11 is 0. The second-order valence-corrected chi connectivity index (χ2v) is 6.62. The monoisotopic (exact) mass is 312 g/mol. The van der Waals surface area contributed by atoms with Crippen LogP contribution in [0.4, 0.5) is 5.69 Å². The summed E-state index contributed by atoms with van der Waals surface area (Å²) in [5.41, 5.74) is 6.27. The fourth-order valence-electron chi connectivity index (χ4n) is 2.38. The molecule has 0 aromatic heterocycles. The van der Waals surface area contributed by atoms with E-state index in [0.29, 0.717) is 5.92 Å². The molecule has 7 nitrogen and oxygen atoms in total. The van der Waals surface area contributed by atoms with E-state index >= 15 is 0 Å². The predicted molar refractivity (Wildman–Crippen MR) is 81.0 cm³/mol. The van der Waals surface area contributed by atoms with Gasteiger partial charge in [0.15, 0.2) is 5.96 Å². The Morgan fingerprint density at radius 3 is 2.38 bits per heavy atom. The Morgan fingerprint density at radius 1 is 1.33 bits per heavy atom. The van der Waals surface area contributed by atoms with Crippen molar-refractivity contribution in [2.24, 2.45) is 11.7 Å². The fraction of sp³-hybridized carbons (Fsp3) is 0.462. The normalized spacial score (nSPS) is 16.7. The number of guanidine groups is 1. The zero-order valence-electron chi connectivity index (χ0n) is 11.6. The molecule has 0 spiro atoms. The molecule has 1 aromatic carbocycles. The average molecular weight is 312 g/mol. The Kier molecular flexibility index (Phi) is 4.69. The van der Waals surface area contributed by atoms with Crippen LogP contribution in [0.15, 0.2) is 29.2 Å². The zero-order valence-corrected chi connectivity index (χ0v) is 12.4. The summed E-state index contributed by atoms with van der Waals surface area (Å²) < 4.78 is 30.8. The third kappa shape index (κ3) is 4.33. The van der Waals surface area contributed by atoms with Crippen LogP contribution >= 0.6 is 0 Å². The summed E-state index contributed by atoms with van der Waals surface area (Å²) in [7, 11) is -4.13. The lowest BCUT2D eigenvalue weighted by Crippen LogP contribution is -2.43. The minimum Gasteiger partial charge on any atom is -0.385 e. The number of likely N-dealkylation sites (tertiary alicyclic amines) is 1. The number of piperidine rings is 1. The number of nitrogens with one attached hydrogen (secondary N) is 2. The molecule has 1 heterocycles. The van der Waals surface area contributed by atoms with E-state index in [-0.39, 0.29) is 10.9 Å². The Hall–Kier alpha value is -1.80. The molecule has 1 aromatic rings. The van der Waals surface area contributed by atoms with Gasteiger partial charge < -0.3 is 16.0 Å². The molecule has 116 valence electrons. The molecule has 8 heteroatoms. The minimum absolute atomic E-state index is 0.109. The molecule has 0 saturated carbocycles. The first kappa shape index (κ1) is 15.6. The fourth-order valence-corrected chi connectivity index (χ4v) is 2.86. The largest absolute Gasteiger partial charge is 0.385 e. The van der Waals surface area contributed by atoms with Gasteiger partial charge in [0.25, 0.3) is 10.1 Å². The van der Waals surface area contributed by atoms with E-state index in [9.17, 15) is 8.42 Å². The van der Waals surface area contributed by atoms with Crippen molar-refractivity contribution in [3.05, 3.63) is 24.3 Å². The highest BCUT2D eigenvalue weighted by Gasteiger charge is 2.19. The van der Waals surface area contributed by atoms with Crippen molar-refractivity contribution in [2.75, 3.05) is 25.0 Å². The van der Waals surface area contributed by atoms with E-state index < -0.39 is 10.1 Å². The Balaban J connectivity index is 1.83. The zero-order chi connectivity index (χ0) is 15.5. The van der Waals surface area contributed by atoms with Crippen molar-refractivity contribution in [1.82, 2.24) is 4.90 Å². The Morgan fingerprint density at radius 2 is 1.90 bits per heavy atom. The van der Waals surface area contributed by atoms with E-state index in [0.717, 1.165) is 38.2 Å². The molecule has 5 N–H and O–H groups in total. The average Bonchev–Trinajstić information content (AvgIpc) is 2.45. The number of nitrogens with zero attached hydrogens (tertiary/aromatic N) is 1. The molecule has 0 bridgehead atoms. The van der Waals surface area contributed by atoms with E-state index in [1.54, 1.807) is 12.1 Å². The molecule has 21 heavy (non-hydrogen) atoms. The van der Waals surface area contributed by atoms with Gasteiger partial charge in [-0.3, -0.25) is 9.96 Å². The van der Waals surface area contributed by atoms with Crippen LogP contribution in [0.25, 0.3) is 0 Å². The molecule has 0 unspecified atom stereocenters. The second-order valence-electron chi connectivity index (χ2n) is 5.20. The molecule has 2 rings (SSSR count). The van der Waals surface area contributed by atoms with Crippen molar-refractivity contribution >= 4 is 21.8 Å². The molecule has 0 aliphatic carbocycles. The first-order valence-electron chi connectivity index (χ1n) is 6.76. The first-order chi connectivity index (χ1) is 9.86. The molecule has 1 aliphatic rings. The topological polar surface area (TPSA) is 120 Å². The van der Waals surface area contributed by atoms with E-state index in [1.165, 1.54) is 12.1 Å². The highest BCUT2D eigenvalue weighted by Crippen LogP contribution is 2.19. The van der Waals surface area contributed by atoms with Crippen molar-refractivity contribution in [3.8, 4) is 0 Å². The number of benzene rings is 1. The summed E-state index contributed by atoms with van der Waals surface area (Å²) in [6, 6.07) is 6.01. The third-order valence-electron chi connectivity index (χ3n) is 3.70. The standard InChI is InChI=1S/C13H20N4O3S/c14-13(15)17-7-5-10(6-8-17)9-16-11-1-3-12(4-2-11)21(18,19)20/h1-4,10,16H,5-9H2,(H3,14,15)(H,18,19,20). The van der Waals surface area contributed by atoms with Crippen LogP contribution in [0.5, 0.6) is 0 Å². The van der Waals surface area contributed by atoms with Gasteiger partial charge in [-0.2, -0.15) is 8.42 Å². The summed E-state index contributed by atoms with van der Waals surface area (Å²) in [6.45, 7) is 2.38. The number of nitrogens with two attached hydrogens (primary N) is 1.